The number of benzene rings is 2. The summed E-state index contributed by atoms with van der Waals surface area (Å²) in [4.78, 5) is 12.7. The van der Waals surface area contributed by atoms with E-state index in [1.54, 1.807) is 55.5 Å². The van der Waals surface area contributed by atoms with E-state index in [1.807, 2.05) is 0 Å². The van der Waals surface area contributed by atoms with Crippen molar-refractivity contribution >= 4 is 27.4 Å². The minimum Gasteiger partial charge on any atom is -0.461 e. The molecule has 0 aliphatic carbocycles. The van der Waals surface area contributed by atoms with E-state index >= 15 is 0 Å². The Morgan fingerprint density at radius 2 is 1.89 bits per heavy atom. The summed E-state index contributed by atoms with van der Waals surface area (Å²) in [5, 5.41) is 4.83. The first-order valence-electron chi connectivity index (χ1n) is 8.30. The Hall–Kier alpha value is -2.64. The van der Waals surface area contributed by atoms with E-state index in [1.165, 1.54) is 4.68 Å². The van der Waals surface area contributed by atoms with E-state index in [0.717, 1.165) is 0 Å². The van der Waals surface area contributed by atoms with Crippen LogP contribution in [0.4, 0.5) is 0 Å². The fourth-order valence-corrected chi connectivity index (χ4v) is 5.04. The van der Waals surface area contributed by atoms with Crippen molar-refractivity contribution < 1.29 is 17.9 Å². The van der Waals surface area contributed by atoms with Crippen LogP contribution in [0.2, 0.25) is 5.02 Å². The third-order valence-electron chi connectivity index (χ3n) is 4.34. The Labute approximate surface area is 161 Å². The largest absolute Gasteiger partial charge is 0.461 e. The number of para-hydroxylation sites is 1. The van der Waals surface area contributed by atoms with Crippen LogP contribution in [0.1, 0.15) is 23.0 Å². The van der Waals surface area contributed by atoms with Crippen molar-refractivity contribution in [1.29, 1.82) is 0 Å². The highest BCUT2D eigenvalue weighted by atomic mass is 35.5. The zero-order valence-electron chi connectivity index (χ0n) is 14.3. The molecule has 0 amide bonds. The maximum absolute atomic E-state index is 12.8. The molecule has 3 aromatic rings. The maximum Gasteiger partial charge on any atom is 0.359 e. The van der Waals surface area contributed by atoms with Gasteiger partial charge in [0.25, 0.3) is 0 Å². The van der Waals surface area contributed by atoms with Crippen LogP contribution in [0.5, 0.6) is 0 Å². The lowest BCUT2D eigenvalue weighted by atomic mass is 10.1. The molecule has 0 unspecified atom stereocenters. The van der Waals surface area contributed by atoms with Gasteiger partial charge in [-0.3, -0.25) is 0 Å². The minimum atomic E-state index is -3.60. The van der Waals surface area contributed by atoms with Gasteiger partial charge in [0.1, 0.15) is 0 Å². The molecule has 2 heterocycles. The van der Waals surface area contributed by atoms with Crippen LogP contribution in [-0.2, 0) is 20.3 Å². The number of fused-ring (bicyclic) bond motifs is 3. The van der Waals surface area contributed by atoms with Gasteiger partial charge < -0.3 is 4.74 Å². The van der Waals surface area contributed by atoms with Gasteiger partial charge in [0, 0.05) is 11.1 Å². The average molecular weight is 403 g/mol. The molecule has 0 atom stereocenters. The van der Waals surface area contributed by atoms with Crippen LogP contribution in [-0.4, -0.2) is 30.8 Å². The van der Waals surface area contributed by atoms with Crippen molar-refractivity contribution in [2.45, 2.75) is 17.6 Å². The summed E-state index contributed by atoms with van der Waals surface area (Å²) in [6.45, 7) is 1.84. The first kappa shape index (κ1) is 17.8. The molecule has 1 aromatic heterocycles. The molecule has 0 spiro atoms. The number of esters is 1. The second kappa shape index (κ2) is 6.51. The average Bonchev–Trinajstić information content (AvgIpc) is 3.01. The zero-order chi connectivity index (χ0) is 19.2. The first-order valence-corrected chi connectivity index (χ1v) is 10.3. The lowest BCUT2D eigenvalue weighted by Crippen LogP contribution is -2.16. The van der Waals surface area contributed by atoms with E-state index in [-0.39, 0.29) is 22.9 Å². The number of nitrogens with zero attached hydrogens (tertiary/aromatic N) is 2. The van der Waals surface area contributed by atoms with Gasteiger partial charge in [0.05, 0.1) is 33.7 Å². The summed E-state index contributed by atoms with van der Waals surface area (Å²) in [5.41, 5.74) is 1.90. The number of hydrogen-bond acceptors (Lipinski definition) is 5. The molecule has 8 heteroatoms. The molecule has 0 bridgehead atoms. The van der Waals surface area contributed by atoms with E-state index in [2.05, 4.69) is 5.10 Å². The molecule has 0 radical (unpaired) electrons. The van der Waals surface area contributed by atoms with Crippen LogP contribution < -0.4 is 0 Å². The number of ether oxygens (including phenoxy) is 1. The molecule has 1 aliphatic heterocycles. The molecular weight excluding hydrogens is 388 g/mol. The molecule has 4 rings (SSSR count). The lowest BCUT2D eigenvalue weighted by Gasteiger charge is -2.19. The Balaban J connectivity index is 2.08. The summed E-state index contributed by atoms with van der Waals surface area (Å²) < 4.78 is 32.1. The van der Waals surface area contributed by atoms with Crippen molar-refractivity contribution in [3.05, 3.63) is 64.8 Å². The Morgan fingerprint density at radius 1 is 1.19 bits per heavy atom. The highest BCUT2D eigenvalue weighted by Crippen LogP contribution is 2.41. The van der Waals surface area contributed by atoms with Crippen LogP contribution in [0.15, 0.2) is 53.4 Å². The fourth-order valence-electron chi connectivity index (χ4n) is 3.23. The summed E-state index contributed by atoms with van der Waals surface area (Å²) in [5.74, 6) is -0.980. The molecule has 138 valence electrons. The first-order chi connectivity index (χ1) is 12.9. The quantitative estimate of drug-likeness (QED) is 0.625. The summed E-state index contributed by atoms with van der Waals surface area (Å²) in [6, 6.07) is 13.7. The molecule has 1 aliphatic rings. The SMILES string of the molecule is CCOC(=O)c1nn(-c2ccccc2Cl)c2c1CS(=O)(=O)c1ccccc1-2. The summed E-state index contributed by atoms with van der Waals surface area (Å²) in [6.07, 6.45) is 0. The molecule has 0 saturated heterocycles. The van der Waals surface area contributed by atoms with E-state index in [4.69, 9.17) is 16.3 Å². The number of sulfone groups is 1. The van der Waals surface area contributed by atoms with Crippen molar-refractivity contribution in [3.8, 4) is 16.9 Å². The highest BCUT2D eigenvalue weighted by molar-refractivity contribution is 7.90. The Bertz CT molecular complexity index is 1170. The maximum atomic E-state index is 12.8. The van der Waals surface area contributed by atoms with Crippen molar-refractivity contribution in [1.82, 2.24) is 9.78 Å². The number of rotatable bonds is 3. The predicted octanol–water partition coefficient (Wildman–Crippen LogP) is 3.66. The number of carbonyl (C=O) groups is 1. The number of aromatic nitrogens is 2. The molecule has 0 saturated carbocycles. The minimum absolute atomic E-state index is 0.00940. The Kier molecular flexibility index (Phi) is 4.28. The topological polar surface area (TPSA) is 78.3 Å². The van der Waals surface area contributed by atoms with Crippen molar-refractivity contribution in [3.63, 3.8) is 0 Å². The van der Waals surface area contributed by atoms with E-state index < -0.39 is 15.8 Å². The van der Waals surface area contributed by atoms with Crippen molar-refractivity contribution in [2.75, 3.05) is 6.61 Å². The molecular formula is C19H15ClN2O4S. The van der Waals surface area contributed by atoms with E-state index in [0.29, 0.717) is 27.5 Å². The number of carbonyl (C=O) groups excluding carboxylic acids is 1. The molecule has 6 nitrogen and oxygen atoms in total. The second-order valence-corrected chi connectivity index (χ2v) is 8.38. The van der Waals surface area contributed by atoms with Crippen LogP contribution in [0.25, 0.3) is 16.9 Å². The van der Waals surface area contributed by atoms with Gasteiger partial charge in [0.15, 0.2) is 15.5 Å². The second-order valence-electron chi connectivity index (χ2n) is 6.01. The van der Waals surface area contributed by atoms with Gasteiger partial charge in [-0.05, 0) is 25.1 Å². The summed E-state index contributed by atoms with van der Waals surface area (Å²) >= 11 is 6.34. The van der Waals surface area contributed by atoms with Gasteiger partial charge in [-0.25, -0.2) is 17.9 Å². The molecule has 27 heavy (non-hydrogen) atoms. The predicted molar refractivity (Wildman–Crippen MR) is 101 cm³/mol. The van der Waals surface area contributed by atoms with Crippen LogP contribution in [0, 0.1) is 0 Å². The Morgan fingerprint density at radius 3 is 2.63 bits per heavy atom. The zero-order valence-corrected chi connectivity index (χ0v) is 15.9. The van der Waals surface area contributed by atoms with Gasteiger partial charge in [-0.1, -0.05) is 41.9 Å². The van der Waals surface area contributed by atoms with Gasteiger partial charge in [0.2, 0.25) is 0 Å². The monoisotopic (exact) mass is 402 g/mol. The van der Waals surface area contributed by atoms with E-state index in [9.17, 15) is 13.2 Å². The van der Waals surface area contributed by atoms with Gasteiger partial charge >= 0.3 is 5.97 Å². The number of hydrogen-bond donors (Lipinski definition) is 0. The molecule has 0 N–H and O–H groups in total. The molecule has 2 aromatic carbocycles. The highest BCUT2D eigenvalue weighted by Gasteiger charge is 2.36. The number of halogens is 1. The lowest BCUT2D eigenvalue weighted by molar-refractivity contribution is 0.0518. The normalized spacial score (nSPS) is 14.3. The third-order valence-corrected chi connectivity index (χ3v) is 6.36. The van der Waals surface area contributed by atoms with Crippen LogP contribution >= 0.6 is 11.6 Å². The fraction of sp³-hybridized carbons (Fsp3) is 0.158. The molecule has 0 fully saturated rings. The third kappa shape index (κ3) is 2.83. The van der Waals surface area contributed by atoms with Gasteiger partial charge in [-0.2, -0.15) is 5.10 Å². The van der Waals surface area contributed by atoms with Crippen molar-refractivity contribution in [2.24, 2.45) is 0 Å². The smallest absolute Gasteiger partial charge is 0.359 e. The summed E-state index contributed by atoms with van der Waals surface area (Å²) in [7, 11) is -3.60. The van der Waals surface area contributed by atoms with Crippen LogP contribution in [0.3, 0.4) is 0 Å². The van der Waals surface area contributed by atoms with Gasteiger partial charge in [-0.15, -0.1) is 0 Å². The standard InChI is InChI=1S/C19H15ClN2O4S/c1-2-26-19(23)17-13-11-27(24,25)16-10-6-3-7-12(16)18(13)22(21-17)15-9-5-4-8-14(15)20/h3-10H,2,11H2,1H3.